The average molecular weight is 496 g/mol. The molecule has 2 heterocycles. The van der Waals surface area contributed by atoms with Gasteiger partial charge in [0, 0.05) is 37.6 Å². The molecule has 1 saturated carbocycles. The number of hydrogen-bond donors (Lipinski definition) is 0. The number of aromatic nitrogens is 3. The Balaban J connectivity index is 1.42. The fourth-order valence-corrected chi connectivity index (χ4v) is 5.24. The summed E-state index contributed by atoms with van der Waals surface area (Å²) >= 11 is 0. The second-order valence-corrected chi connectivity index (χ2v) is 9.80. The molecule has 0 N–H and O–H groups in total. The molecule has 2 amide bonds. The smallest absolute Gasteiger partial charge is 0.254 e. The van der Waals surface area contributed by atoms with Crippen molar-refractivity contribution in [2.24, 2.45) is 0 Å². The lowest BCUT2D eigenvalue weighted by molar-refractivity contribution is -0.135. The minimum absolute atomic E-state index is 0.0864. The number of imidazole rings is 1. The Kier molecular flexibility index (Phi) is 7.59. The zero-order valence-electron chi connectivity index (χ0n) is 21.3. The highest BCUT2D eigenvalue weighted by Gasteiger charge is 2.27. The maximum atomic E-state index is 13.9. The molecule has 0 saturated heterocycles. The molecule has 2 aromatic heterocycles. The summed E-state index contributed by atoms with van der Waals surface area (Å²) in [4.78, 5) is 39.5. The van der Waals surface area contributed by atoms with Crippen LogP contribution in [0, 0.1) is 0 Å². The van der Waals surface area contributed by atoms with Crippen molar-refractivity contribution in [3.8, 4) is 0 Å². The number of pyridine rings is 1. The first-order chi connectivity index (χ1) is 18.1. The van der Waals surface area contributed by atoms with Crippen LogP contribution in [0.2, 0.25) is 0 Å². The van der Waals surface area contributed by atoms with E-state index in [-0.39, 0.29) is 24.4 Å². The van der Waals surface area contributed by atoms with Crippen molar-refractivity contribution in [2.75, 3.05) is 7.05 Å². The third-order valence-corrected chi connectivity index (χ3v) is 7.21. The molecule has 0 atom stereocenters. The topological polar surface area (TPSA) is 71.3 Å². The van der Waals surface area contributed by atoms with Crippen molar-refractivity contribution in [2.45, 2.75) is 57.8 Å². The highest BCUT2D eigenvalue weighted by molar-refractivity contribution is 5.93. The molecule has 5 rings (SSSR count). The highest BCUT2D eigenvalue weighted by atomic mass is 16.2. The number of carbonyl (C=O) groups excluding carboxylic acids is 2. The van der Waals surface area contributed by atoms with E-state index in [1.165, 1.54) is 6.42 Å². The van der Waals surface area contributed by atoms with Crippen LogP contribution >= 0.6 is 0 Å². The molecule has 1 aliphatic rings. The Labute approximate surface area is 217 Å². The second-order valence-electron chi connectivity index (χ2n) is 9.80. The van der Waals surface area contributed by atoms with Gasteiger partial charge < -0.3 is 14.4 Å². The van der Waals surface area contributed by atoms with Crippen LogP contribution in [0.25, 0.3) is 11.0 Å². The van der Waals surface area contributed by atoms with Crippen molar-refractivity contribution in [1.29, 1.82) is 0 Å². The Morgan fingerprint density at radius 3 is 2.35 bits per heavy atom. The molecule has 37 heavy (non-hydrogen) atoms. The third-order valence-electron chi connectivity index (χ3n) is 7.21. The van der Waals surface area contributed by atoms with Gasteiger partial charge >= 0.3 is 0 Å². The lowest BCUT2D eigenvalue weighted by Crippen LogP contribution is -2.42. The van der Waals surface area contributed by atoms with Crippen LogP contribution in [-0.4, -0.2) is 49.2 Å². The summed E-state index contributed by atoms with van der Waals surface area (Å²) in [6.45, 7) is 1.09. The number of nitrogens with zero attached hydrogens (tertiary/aromatic N) is 5. The largest absolute Gasteiger partial charge is 0.334 e. The molecule has 0 spiro atoms. The van der Waals surface area contributed by atoms with Gasteiger partial charge in [-0.05, 0) is 42.7 Å². The van der Waals surface area contributed by atoms with Gasteiger partial charge in [-0.3, -0.25) is 14.6 Å². The summed E-state index contributed by atoms with van der Waals surface area (Å²) in [6.07, 6.45) is 8.86. The van der Waals surface area contributed by atoms with Crippen molar-refractivity contribution < 1.29 is 9.59 Å². The number of hydrogen-bond acceptors (Lipinski definition) is 4. The van der Waals surface area contributed by atoms with E-state index in [1.807, 2.05) is 47.0 Å². The predicted molar refractivity (Wildman–Crippen MR) is 144 cm³/mol. The molecule has 4 aromatic rings. The molecule has 0 radical (unpaired) electrons. The monoisotopic (exact) mass is 495 g/mol. The first kappa shape index (κ1) is 24.7. The van der Waals surface area contributed by atoms with Crippen molar-refractivity contribution in [1.82, 2.24) is 24.3 Å². The molecular weight excluding hydrogens is 462 g/mol. The van der Waals surface area contributed by atoms with Gasteiger partial charge in [0.1, 0.15) is 12.4 Å². The number of fused-ring (bicyclic) bond motifs is 1. The Bertz CT molecular complexity index is 1350. The molecule has 0 bridgehead atoms. The summed E-state index contributed by atoms with van der Waals surface area (Å²) in [5.74, 6) is 0.672. The SMILES string of the molecule is CN(Cc1nc2ccccc2n1CC(=O)N(Cc1ccccc1)C1CCCCC1)C(=O)c1ccncc1. The minimum atomic E-state index is -0.111. The van der Waals surface area contributed by atoms with Crippen LogP contribution < -0.4 is 0 Å². The minimum Gasteiger partial charge on any atom is -0.334 e. The summed E-state index contributed by atoms with van der Waals surface area (Å²) in [6, 6.07) is 21.7. The van der Waals surface area contributed by atoms with Crippen LogP contribution in [0.3, 0.4) is 0 Å². The number of para-hydroxylation sites is 2. The average Bonchev–Trinajstić information content (AvgIpc) is 3.29. The highest BCUT2D eigenvalue weighted by Crippen LogP contribution is 2.26. The zero-order valence-corrected chi connectivity index (χ0v) is 21.3. The van der Waals surface area contributed by atoms with Gasteiger partial charge in [0.15, 0.2) is 0 Å². The lowest BCUT2D eigenvalue weighted by Gasteiger charge is -2.35. The summed E-state index contributed by atoms with van der Waals surface area (Å²) in [7, 11) is 1.76. The van der Waals surface area contributed by atoms with E-state index in [2.05, 4.69) is 22.0 Å². The van der Waals surface area contributed by atoms with Gasteiger partial charge in [-0.1, -0.05) is 61.7 Å². The molecule has 2 aromatic carbocycles. The molecule has 190 valence electrons. The fourth-order valence-electron chi connectivity index (χ4n) is 5.24. The Hall–Kier alpha value is -4.00. The van der Waals surface area contributed by atoms with Gasteiger partial charge in [-0.2, -0.15) is 0 Å². The molecule has 1 fully saturated rings. The van der Waals surface area contributed by atoms with Crippen LogP contribution in [0.5, 0.6) is 0 Å². The van der Waals surface area contributed by atoms with E-state index >= 15 is 0 Å². The van der Waals surface area contributed by atoms with E-state index in [0.717, 1.165) is 42.3 Å². The van der Waals surface area contributed by atoms with Crippen LogP contribution in [0.4, 0.5) is 0 Å². The van der Waals surface area contributed by atoms with Crippen LogP contribution in [-0.2, 0) is 24.4 Å². The van der Waals surface area contributed by atoms with E-state index in [9.17, 15) is 9.59 Å². The Morgan fingerprint density at radius 2 is 1.59 bits per heavy atom. The number of benzene rings is 2. The molecule has 1 aliphatic carbocycles. The fraction of sp³-hybridized carbons (Fsp3) is 0.333. The predicted octanol–water partition coefficient (Wildman–Crippen LogP) is 5.07. The quantitative estimate of drug-likeness (QED) is 0.342. The zero-order chi connectivity index (χ0) is 25.6. The maximum absolute atomic E-state index is 13.9. The summed E-state index contributed by atoms with van der Waals surface area (Å²) in [5.41, 5.74) is 3.43. The van der Waals surface area contributed by atoms with Gasteiger partial charge in [-0.15, -0.1) is 0 Å². The first-order valence-corrected chi connectivity index (χ1v) is 13.0. The van der Waals surface area contributed by atoms with E-state index in [0.29, 0.717) is 24.5 Å². The number of rotatable bonds is 8. The van der Waals surface area contributed by atoms with Gasteiger partial charge in [0.05, 0.1) is 17.6 Å². The van der Waals surface area contributed by atoms with Crippen LogP contribution in [0.1, 0.15) is 53.8 Å². The molecular formula is C30H33N5O2. The van der Waals surface area contributed by atoms with Crippen LogP contribution in [0.15, 0.2) is 79.1 Å². The van der Waals surface area contributed by atoms with Gasteiger partial charge in [0.2, 0.25) is 5.91 Å². The summed E-state index contributed by atoms with van der Waals surface area (Å²) < 4.78 is 1.98. The summed E-state index contributed by atoms with van der Waals surface area (Å²) in [5, 5.41) is 0. The van der Waals surface area contributed by atoms with Gasteiger partial charge in [-0.25, -0.2) is 4.98 Å². The van der Waals surface area contributed by atoms with E-state index in [4.69, 9.17) is 4.98 Å². The third kappa shape index (κ3) is 5.71. The Morgan fingerprint density at radius 1 is 0.892 bits per heavy atom. The molecule has 0 unspecified atom stereocenters. The first-order valence-electron chi connectivity index (χ1n) is 13.0. The van der Waals surface area contributed by atoms with Crippen molar-refractivity contribution >= 4 is 22.8 Å². The second kappa shape index (κ2) is 11.4. The van der Waals surface area contributed by atoms with E-state index < -0.39 is 0 Å². The van der Waals surface area contributed by atoms with Crippen molar-refractivity contribution in [3.05, 3.63) is 96.1 Å². The number of carbonyl (C=O) groups is 2. The lowest BCUT2D eigenvalue weighted by atomic mass is 9.93. The van der Waals surface area contributed by atoms with E-state index in [1.54, 1.807) is 36.5 Å². The normalized spacial score (nSPS) is 14.0. The van der Waals surface area contributed by atoms with Gasteiger partial charge in [0.25, 0.3) is 5.91 Å². The molecule has 0 aliphatic heterocycles. The molecule has 7 heteroatoms. The maximum Gasteiger partial charge on any atom is 0.254 e. The standard InChI is InChI=1S/C30H33N5O2/c1-33(30(37)24-16-18-31-19-17-24)21-28-32-26-14-8-9-15-27(26)35(28)22-29(36)34(25-12-6-3-7-13-25)20-23-10-4-2-5-11-23/h2,4-5,8-11,14-19,25H,3,6-7,12-13,20-22H2,1H3. The number of amides is 2. The van der Waals surface area contributed by atoms with Crippen molar-refractivity contribution in [3.63, 3.8) is 0 Å². The molecule has 7 nitrogen and oxygen atoms in total.